The first-order valence-corrected chi connectivity index (χ1v) is 11.6. The number of amides is 2. The molecule has 1 aliphatic heterocycles. The molecule has 35 heavy (non-hydrogen) atoms. The SMILES string of the molecule is O=C1NC(=S)N(c2ccc(F)cc2)C(=O)C1=Cc1ccc(OCc2ccc(C(=O)O)cc2)c(I)c1. The zero-order valence-corrected chi connectivity index (χ0v) is 20.8. The minimum absolute atomic E-state index is 0.0847. The van der Waals surface area contributed by atoms with Gasteiger partial charge >= 0.3 is 5.97 Å². The van der Waals surface area contributed by atoms with Crippen LogP contribution in [-0.4, -0.2) is 28.0 Å². The zero-order chi connectivity index (χ0) is 25.1. The molecule has 1 fully saturated rings. The van der Waals surface area contributed by atoms with Gasteiger partial charge in [0.25, 0.3) is 11.8 Å². The van der Waals surface area contributed by atoms with Crippen molar-refractivity contribution in [1.82, 2.24) is 5.32 Å². The second-order valence-corrected chi connectivity index (χ2v) is 8.96. The van der Waals surface area contributed by atoms with Gasteiger partial charge in [0.05, 0.1) is 14.8 Å². The Kier molecular flexibility index (Phi) is 7.22. The molecule has 0 unspecified atom stereocenters. The Bertz CT molecular complexity index is 1370. The average Bonchev–Trinajstić information content (AvgIpc) is 2.82. The highest BCUT2D eigenvalue weighted by Gasteiger charge is 2.34. The predicted molar refractivity (Wildman–Crippen MR) is 139 cm³/mol. The summed E-state index contributed by atoms with van der Waals surface area (Å²) in [5.41, 5.74) is 1.81. The second-order valence-electron chi connectivity index (χ2n) is 7.41. The molecule has 176 valence electrons. The van der Waals surface area contributed by atoms with E-state index >= 15 is 0 Å². The van der Waals surface area contributed by atoms with E-state index in [1.807, 2.05) is 0 Å². The molecule has 0 aromatic heterocycles. The molecule has 7 nitrogen and oxygen atoms in total. The van der Waals surface area contributed by atoms with Crippen LogP contribution in [0.25, 0.3) is 6.08 Å². The van der Waals surface area contributed by atoms with Crippen molar-refractivity contribution < 1.29 is 28.6 Å². The number of aromatic carboxylic acids is 1. The van der Waals surface area contributed by atoms with Gasteiger partial charge in [0, 0.05) is 0 Å². The molecule has 0 radical (unpaired) electrons. The first-order valence-electron chi connectivity index (χ1n) is 10.1. The van der Waals surface area contributed by atoms with Gasteiger partial charge in [-0.2, -0.15) is 0 Å². The number of carboxylic acid groups (broad SMARTS) is 1. The van der Waals surface area contributed by atoms with E-state index in [0.717, 1.165) is 14.0 Å². The lowest BCUT2D eigenvalue weighted by atomic mass is 10.1. The number of carbonyl (C=O) groups excluding carboxylic acids is 2. The summed E-state index contributed by atoms with van der Waals surface area (Å²) in [6, 6.07) is 16.8. The molecule has 2 N–H and O–H groups in total. The molecule has 0 saturated carbocycles. The smallest absolute Gasteiger partial charge is 0.335 e. The summed E-state index contributed by atoms with van der Waals surface area (Å²) in [4.78, 5) is 37.7. The number of rotatable bonds is 6. The van der Waals surface area contributed by atoms with E-state index in [-0.39, 0.29) is 22.9 Å². The fourth-order valence-electron chi connectivity index (χ4n) is 3.28. The van der Waals surface area contributed by atoms with Gasteiger partial charge in [-0.05, 0) is 101 Å². The third-order valence-corrected chi connectivity index (χ3v) is 6.18. The zero-order valence-electron chi connectivity index (χ0n) is 17.8. The van der Waals surface area contributed by atoms with Crippen LogP contribution < -0.4 is 15.0 Å². The van der Waals surface area contributed by atoms with Crippen molar-refractivity contribution in [3.05, 3.63) is 98.4 Å². The fourth-order valence-corrected chi connectivity index (χ4v) is 4.25. The standard InChI is InChI=1S/C25H16FIN2O5S/c26-17-6-8-18(9-7-17)29-23(31)19(22(30)28-25(29)35)11-15-3-10-21(20(27)12-15)34-13-14-1-4-16(5-2-14)24(32)33/h1-12H,13H2,(H,32,33)(H,28,30,35). The number of hydrogen-bond acceptors (Lipinski definition) is 5. The first kappa shape index (κ1) is 24.5. The van der Waals surface area contributed by atoms with Gasteiger partial charge < -0.3 is 9.84 Å². The highest BCUT2D eigenvalue weighted by Crippen LogP contribution is 2.26. The Morgan fingerprint density at radius 3 is 2.40 bits per heavy atom. The van der Waals surface area contributed by atoms with Crippen LogP contribution in [0.5, 0.6) is 5.75 Å². The number of thiocarbonyl (C=S) groups is 1. The van der Waals surface area contributed by atoms with Crippen LogP contribution in [0.1, 0.15) is 21.5 Å². The molecule has 0 atom stereocenters. The number of anilines is 1. The second kappa shape index (κ2) is 10.3. The third kappa shape index (κ3) is 5.54. The van der Waals surface area contributed by atoms with E-state index in [1.165, 1.54) is 42.5 Å². The van der Waals surface area contributed by atoms with Crippen LogP contribution in [-0.2, 0) is 16.2 Å². The number of nitrogens with zero attached hydrogens (tertiary/aromatic N) is 1. The Morgan fingerprint density at radius 2 is 1.77 bits per heavy atom. The molecule has 0 aliphatic carbocycles. The average molecular weight is 602 g/mol. The fraction of sp³-hybridized carbons (Fsp3) is 0.0400. The molecule has 3 aromatic rings. The minimum atomic E-state index is -0.996. The Morgan fingerprint density at radius 1 is 1.09 bits per heavy atom. The summed E-state index contributed by atoms with van der Waals surface area (Å²) in [6.07, 6.45) is 1.45. The summed E-state index contributed by atoms with van der Waals surface area (Å²) < 4.78 is 19.9. The molecule has 1 heterocycles. The molecule has 0 spiro atoms. The maximum absolute atomic E-state index is 13.3. The maximum atomic E-state index is 13.3. The van der Waals surface area contributed by atoms with Crippen LogP contribution >= 0.6 is 34.8 Å². The number of hydrogen-bond donors (Lipinski definition) is 2. The molecule has 0 bridgehead atoms. The van der Waals surface area contributed by atoms with Crippen LogP contribution in [0.15, 0.2) is 72.3 Å². The van der Waals surface area contributed by atoms with Crippen molar-refractivity contribution in [2.45, 2.75) is 6.61 Å². The Labute approximate surface area is 218 Å². The van der Waals surface area contributed by atoms with E-state index in [9.17, 15) is 18.8 Å². The van der Waals surface area contributed by atoms with Gasteiger partial charge in [-0.25, -0.2) is 9.18 Å². The number of carbonyl (C=O) groups is 3. The van der Waals surface area contributed by atoms with Crippen molar-refractivity contribution in [2.24, 2.45) is 0 Å². The lowest BCUT2D eigenvalue weighted by Crippen LogP contribution is -2.54. The first-order chi connectivity index (χ1) is 16.7. The van der Waals surface area contributed by atoms with Crippen LogP contribution in [0.4, 0.5) is 10.1 Å². The highest BCUT2D eigenvalue weighted by molar-refractivity contribution is 14.1. The van der Waals surface area contributed by atoms with E-state index in [1.54, 1.807) is 30.3 Å². The number of benzene rings is 3. The summed E-state index contributed by atoms with van der Waals surface area (Å²) >= 11 is 7.23. The van der Waals surface area contributed by atoms with Crippen molar-refractivity contribution in [3.63, 3.8) is 0 Å². The molecular weight excluding hydrogens is 586 g/mol. The van der Waals surface area contributed by atoms with E-state index in [2.05, 4.69) is 27.9 Å². The molecule has 4 rings (SSSR count). The largest absolute Gasteiger partial charge is 0.488 e. The van der Waals surface area contributed by atoms with Crippen LogP contribution in [0.3, 0.4) is 0 Å². The van der Waals surface area contributed by atoms with Crippen LogP contribution in [0.2, 0.25) is 0 Å². The monoisotopic (exact) mass is 602 g/mol. The highest BCUT2D eigenvalue weighted by atomic mass is 127. The topological polar surface area (TPSA) is 95.9 Å². The number of halogens is 2. The van der Waals surface area contributed by atoms with E-state index in [0.29, 0.717) is 17.0 Å². The lowest BCUT2D eigenvalue weighted by molar-refractivity contribution is -0.122. The summed E-state index contributed by atoms with van der Waals surface area (Å²) in [6.45, 7) is 0.237. The minimum Gasteiger partial charge on any atom is -0.488 e. The number of ether oxygens (including phenoxy) is 1. The Hall–Kier alpha value is -3.64. The molecule has 1 aliphatic rings. The van der Waals surface area contributed by atoms with Gasteiger partial charge in [-0.15, -0.1) is 0 Å². The quantitative estimate of drug-likeness (QED) is 0.186. The summed E-state index contributed by atoms with van der Waals surface area (Å²) in [5, 5.41) is 11.4. The van der Waals surface area contributed by atoms with E-state index < -0.39 is 23.6 Å². The summed E-state index contributed by atoms with van der Waals surface area (Å²) in [5.74, 6) is -2.12. The predicted octanol–water partition coefficient (Wildman–Crippen LogP) is 4.54. The van der Waals surface area contributed by atoms with Gasteiger partial charge in [0.15, 0.2) is 5.11 Å². The third-order valence-electron chi connectivity index (χ3n) is 5.05. The van der Waals surface area contributed by atoms with Crippen LogP contribution in [0, 0.1) is 9.39 Å². The van der Waals surface area contributed by atoms with Gasteiger partial charge in [0.1, 0.15) is 23.7 Å². The normalized spacial score (nSPS) is 14.7. The van der Waals surface area contributed by atoms with Gasteiger partial charge in [-0.1, -0.05) is 18.2 Å². The number of nitrogens with one attached hydrogen (secondary N) is 1. The van der Waals surface area contributed by atoms with Crippen molar-refractivity contribution >= 4 is 69.5 Å². The van der Waals surface area contributed by atoms with Crippen molar-refractivity contribution in [1.29, 1.82) is 0 Å². The lowest BCUT2D eigenvalue weighted by Gasteiger charge is -2.28. The molecular formula is C25H16FIN2O5S. The molecule has 1 saturated heterocycles. The summed E-state index contributed by atoms with van der Waals surface area (Å²) in [7, 11) is 0. The van der Waals surface area contributed by atoms with Gasteiger partial charge in [0.2, 0.25) is 0 Å². The molecule has 10 heteroatoms. The van der Waals surface area contributed by atoms with Crippen molar-refractivity contribution in [3.8, 4) is 5.75 Å². The number of carboxylic acids is 1. The molecule has 2 amide bonds. The Balaban J connectivity index is 1.52. The van der Waals surface area contributed by atoms with E-state index in [4.69, 9.17) is 22.1 Å². The maximum Gasteiger partial charge on any atom is 0.335 e. The van der Waals surface area contributed by atoms with Gasteiger partial charge in [-0.3, -0.25) is 19.8 Å². The molecule has 3 aromatic carbocycles. The van der Waals surface area contributed by atoms with Crippen molar-refractivity contribution in [2.75, 3.05) is 4.90 Å².